The standard InChI is InChI=1S/C13H16ClN5O2.CH4/c1-3-21-12(20)11-17-9(7-19(11)5-4-15)10-8(2)6-16-13(14)18-10;/h6-7H,3-5,15H2,1-2H3;1H4. The van der Waals surface area contributed by atoms with Crippen LogP contribution in [0.15, 0.2) is 12.4 Å². The fraction of sp³-hybridized carbons (Fsp3) is 0.429. The molecule has 0 radical (unpaired) electrons. The number of carbonyl (C=O) groups is 1. The van der Waals surface area contributed by atoms with Gasteiger partial charge in [-0.3, -0.25) is 0 Å². The molecule has 22 heavy (non-hydrogen) atoms. The van der Waals surface area contributed by atoms with E-state index in [1.807, 2.05) is 6.92 Å². The third-order valence-corrected chi connectivity index (χ3v) is 2.97. The van der Waals surface area contributed by atoms with E-state index in [9.17, 15) is 4.79 Å². The van der Waals surface area contributed by atoms with Gasteiger partial charge in [-0.15, -0.1) is 0 Å². The first kappa shape index (κ1) is 18.1. The highest BCUT2D eigenvalue weighted by Crippen LogP contribution is 2.21. The molecule has 0 amide bonds. The van der Waals surface area contributed by atoms with Gasteiger partial charge in [0.2, 0.25) is 11.1 Å². The van der Waals surface area contributed by atoms with Crippen molar-refractivity contribution in [1.82, 2.24) is 19.5 Å². The Morgan fingerprint density at radius 2 is 2.18 bits per heavy atom. The van der Waals surface area contributed by atoms with Crippen molar-refractivity contribution in [2.75, 3.05) is 13.2 Å². The van der Waals surface area contributed by atoms with Crippen LogP contribution in [0, 0.1) is 6.92 Å². The summed E-state index contributed by atoms with van der Waals surface area (Å²) in [6, 6.07) is 0. The second-order valence-electron chi connectivity index (χ2n) is 4.32. The summed E-state index contributed by atoms with van der Waals surface area (Å²) >= 11 is 5.82. The molecule has 0 bridgehead atoms. The number of aryl methyl sites for hydroxylation is 1. The van der Waals surface area contributed by atoms with E-state index in [1.165, 1.54) is 0 Å². The van der Waals surface area contributed by atoms with Gasteiger partial charge in [-0.2, -0.15) is 0 Å². The summed E-state index contributed by atoms with van der Waals surface area (Å²) in [5.41, 5.74) is 7.49. The van der Waals surface area contributed by atoms with Gasteiger partial charge in [-0.25, -0.2) is 19.7 Å². The van der Waals surface area contributed by atoms with Gasteiger partial charge >= 0.3 is 5.97 Å². The van der Waals surface area contributed by atoms with Crippen LogP contribution in [-0.4, -0.2) is 38.6 Å². The first-order chi connectivity index (χ1) is 10.1. The predicted molar refractivity (Wildman–Crippen MR) is 84.7 cm³/mol. The van der Waals surface area contributed by atoms with Crippen molar-refractivity contribution >= 4 is 17.6 Å². The van der Waals surface area contributed by atoms with E-state index in [-0.39, 0.29) is 25.1 Å². The molecule has 0 saturated heterocycles. The molecule has 2 aromatic heterocycles. The Bertz CT molecular complexity index is 657. The molecule has 0 aliphatic rings. The number of hydrogen-bond acceptors (Lipinski definition) is 6. The lowest BCUT2D eigenvalue weighted by atomic mass is 10.2. The summed E-state index contributed by atoms with van der Waals surface area (Å²) < 4.78 is 6.65. The maximum absolute atomic E-state index is 11.9. The zero-order valence-corrected chi connectivity index (χ0v) is 12.6. The number of hydrogen-bond donors (Lipinski definition) is 1. The van der Waals surface area contributed by atoms with E-state index in [2.05, 4.69) is 15.0 Å². The van der Waals surface area contributed by atoms with Gasteiger partial charge in [0.25, 0.3) is 0 Å². The minimum Gasteiger partial charge on any atom is -0.460 e. The molecule has 0 atom stereocenters. The summed E-state index contributed by atoms with van der Waals surface area (Å²) in [6.07, 6.45) is 3.32. The molecule has 0 aliphatic carbocycles. The van der Waals surface area contributed by atoms with E-state index in [1.54, 1.807) is 23.9 Å². The van der Waals surface area contributed by atoms with Crippen LogP contribution in [0.5, 0.6) is 0 Å². The minimum absolute atomic E-state index is 0. The van der Waals surface area contributed by atoms with Crippen LogP contribution < -0.4 is 5.73 Å². The molecule has 2 N–H and O–H groups in total. The Hall–Kier alpha value is -1.99. The average molecular weight is 326 g/mol. The molecule has 2 rings (SSSR count). The molecule has 120 valence electrons. The van der Waals surface area contributed by atoms with Crippen LogP contribution in [0.1, 0.15) is 30.5 Å². The number of nitrogens with two attached hydrogens (primary N) is 1. The zero-order valence-electron chi connectivity index (χ0n) is 11.8. The predicted octanol–water partition coefficient (Wildman–Crippen LogP) is 2.07. The van der Waals surface area contributed by atoms with Gasteiger partial charge in [0.1, 0.15) is 5.69 Å². The molecule has 0 fully saturated rings. The number of halogens is 1. The van der Waals surface area contributed by atoms with Crippen molar-refractivity contribution in [2.24, 2.45) is 5.73 Å². The van der Waals surface area contributed by atoms with Crippen LogP contribution >= 0.6 is 11.6 Å². The molecule has 8 heteroatoms. The minimum atomic E-state index is -0.491. The first-order valence-electron chi connectivity index (χ1n) is 6.50. The normalized spacial score (nSPS) is 10.2. The van der Waals surface area contributed by atoms with E-state index >= 15 is 0 Å². The smallest absolute Gasteiger partial charge is 0.374 e. The topological polar surface area (TPSA) is 95.9 Å². The highest BCUT2D eigenvalue weighted by molar-refractivity contribution is 6.28. The lowest BCUT2D eigenvalue weighted by Gasteiger charge is -2.04. The SMILES string of the molecule is C.CCOC(=O)c1nc(-c2nc(Cl)ncc2C)cn1CCN. The van der Waals surface area contributed by atoms with Crippen molar-refractivity contribution in [1.29, 1.82) is 0 Å². The summed E-state index contributed by atoms with van der Waals surface area (Å²) in [4.78, 5) is 24.3. The Morgan fingerprint density at radius 1 is 1.45 bits per heavy atom. The lowest BCUT2D eigenvalue weighted by molar-refractivity contribution is 0.0506. The summed E-state index contributed by atoms with van der Waals surface area (Å²) in [5, 5.41) is 0.127. The van der Waals surface area contributed by atoms with Crippen molar-refractivity contribution in [3.63, 3.8) is 0 Å². The van der Waals surface area contributed by atoms with Gasteiger partial charge in [0.05, 0.1) is 12.3 Å². The Labute approximate surface area is 134 Å². The van der Waals surface area contributed by atoms with Crippen LogP contribution in [0.3, 0.4) is 0 Å². The largest absolute Gasteiger partial charge is 0.460 e. The number of aromatic nitrogens is 4. The zero-order chi connectivity index (χ0) is 15.4. The van der Waals surface area contributed by atoms with E-state index in [0.29, 0.717) is 24.5 Å². The average Bonchev–Trinajstić information content (AvgIpc) is 2.86. The molecule has 0 saturated carbocycles. The second-order valence-corrected chi connectivity index (χ2v) is 4.66. The van der Waals surface area contributed by atoms with Gasteiger partial charge < -0.3 is 15.0 Å². The maximum Gasteiger partial charge on any atom is 0.374 e. The molecule has 7 nitrogen and oxygen atoms in total. The molecule has 2 aromatic rings. The maximum atomic E-state index is 11.9. The molecule has 0 aliphatic heterocycles. The molecular weight excluding hydrogens is 306 g/mol. The van der Waals surface area contributed by atoms with Gasteiger partial charge in [0, 0.05) is 25.5 Å². The number of esters is 1. The summed E-state index contributed by atoms with van der Waals surface area (Å²) in [6.45, 7) is 4.70. The molecule has 2 heterocycles. The molecular formula is C14H20ClN5O2. The fourth-order valence-corrected chi connectivity index (χ4v) is 2.01. The van der Waals surface area contributed by atoms with Gasteiger partial charge in [0.15, 0.2) is 0 Å². The summed E-state index contributed by atoms with van der Waals surface area (Å²) in [7, 11) is 0. The van der Waals surface area contributed by atoms with Crippen molar-refractivity contribution in [3.05, 3.63) is 29.1 Å². The number of imidazole rings is 1. The first-order valence-corrected chi connectivity index (χ1v) is 6.88. The van der Waals surface area contributed by atoms with E-state index in [4.69, 9.17) is 22.1 Å². The van der Waals surface area contributed by atoms with Crippen molar-refractivity contribution in [2.45, 2.75) is 27.8 Å². The highest BCUT2D eigenvalue weighted by Gasteiger charge is 2.19. The van der Waals surface area contributed by atoms with Crippen molar-refractivity contribution < 1.29 is 9.53 Å². The highest BCUT2D eigenvalue weighted by atomic mass is 35.5. The summed E-state index contributed by atoms with van der Waals surface area (Å²) in [5.74, 6) is -0.290. The molecule has 0 aromatic carbocycles. The van der Waals surface area contributed by atoms with Crippen LogP contribution in [0.4, 0.5) is 0 Å². The number of nitrogens with zero attached hydrogens (tertiary/aromatic N) is 4. The monoisotopic (exact) mass is 325 g/mol. The fourth-order valence-electron chi connectivity index (χ4n) is 1.88. The third kappa shape index (κ3) is 3.80. The van der Waals surface area contributed by atoms with E-state index in [0.717, 1.165) is 5.56 Å². The number of ether oxygens (including phenoxy) is 1. The van der Waals surface area contributed by atoms with Gasteiger partial charge in [-0.05, 0) is 31.0 Å². The van der Waals surface area contributed by atoms with Crippen molar-refractivity contribution in [3.8, 4) is 11.4 Å². The molecule has 0 unspecified atom stereocenters. The van der Waals surface area contributed by atoms with Gasteiger partial charge in [-0.1, -0.05) is 7.43 Å². The van der Waals surface area contributed by atoms with Crippen LogP contribution in [0.2, 0.25) is 5.28 Å². The van der Waals surface area contributed by atoms with Crippen LogP contribution in [0.25, 0.3) is 11.4 Å². The third-order valence-electron chi connectivity index (χ3n) is 2.79. The Balaban J connectivity index is 0.00000242. The Kier molecular flexibility index (Phi) is 6.45. The quantitative estimate of drug-likeness (QED) is 0.667. The second kappa shape index (κ2) is 7.86. The number of rotatable bonds is 5. The number of carbonyl (C=O) groups excluding carboxylic acids is 1. The lowest BCUT2D eigenvalue weighted by Crippen LogP contribution is -2.17. The van der Waals surface area contributed by atoms with E-state index < -0.39 is 5.97 Å². The van der Waals surface area contributed by atoms with Crippen LogP contribution in [-0.2, 0) is 11.3 Å². The molecule has 0 spiro atoms. The Morgan fingerprint density at radius 3 is 2.82 bits per heavy atom.